The van der Waals surface area contributed by atoms with E-state index < -0.39 is 0 Å². The lowest BCUT2D eigenvalue weighted by Gasteiger charge is -2.16. The van der Waals surface area contributed by atoms with Crippen LogP contribution in [0.25, 0.3) is 22.2 Å². The van der Waals surface area contributed by atoms with Crippen LogP contribution in [0.3, 0.4) is 0 Å². The van der Waals surface area contributed by atoms with Crippen LogP contribution in [0.1, 0.15) is 17.7 Å². The summed E-state index contributed by atoms with van der Waals surface area (Å²) >= 11 is 0. The molecule has 1 fully saturated rings. The highest BCUT2D eigenvalue weighted by Gasteiger charge is 2.26. The van der Waals surface area contributed by atoms with E-state index in [0.29, 0.717) is 42.4 Å². The molecular weight excluding hydrogens is 562 g/mol. The number of para-hydroxylation sites is 1. The third-order valence-electron chi connectivity index (χ3n) is 7.48. The molecule has 1 aromatic carbocycles. The largest absolute Gasteiger partial charge is 0.473 e. The predicted molar refractivity (Wildman–Crippen MR) is 167 cm³/mol. The molecule has 0 bridgehead atoms. The molecular formula is C30H35N11O3. The van der Waals surface area contributed by atoms with Gasteiger partial charge in [-0.25, -0.2) is 15.0 Å². The SMILES string of the molecule is Cc1cnc(Nc2cc(C)n(C)n2)nc1-c1c[nH]c2c(NC(=O)CN3CCC(Oc4ccnc(NCCO)n4)C3)cccc12. The summed E-state index contributed by atoms with van der Waals surface area (Å²) in [6, 6.07) is 9.45. The maximum absolute atomic E-state index is 13.1. The standard InChI is InChI=1S/C30H35N11O3/c1-18-14-34-30(36-24-13-19(2)40(3)39-24)38-27(18)22-15-33-28-21(22)5-4-6-23(28)35-25(43)17-41-11-8-20(16-41)44-26-7-9-31-29(37-26)32-10-12-42/h4-7,9,13-15,20,33,42H,8,10-12,16-17H2,1-3H3,(H,35,43)(H,31,32,37)(H,34,36,38,39). The van der Waals surface area contributed by atoms with Gasteiger partial charge in [-0.2, -0.15) is 10.1 Å². The Morgan fingerprint density at radius 3 is 2.89 bits per heavy atom. The number of anilines is 4. The summed E-state index contributed by atoms with van der Waals surface area (Å²) in [7, 11) is 1.89. The number of aliphatic hydroxyl groups is 1. The molecule has 14 heteroatoms. The molecule has 5 heterocycles. The maximum atomic E-state index is 13.1. The summed E-state index contributed by atoms with van der Waals surface area (Å²) < 4.78 is 7.82. The number of fused-ring (bicyclic) bond motifs is 1. The van der Waals surface area contributed by atoms with E-state index in [-0.39, 0.29) is 25.2 Å². The quantitative estimate of drug-likeness (QED) is 0.152. The number of amides is 1. The number of aliphatic hydroxyl groups excluding tert-OH is 1. The average Bonchev–Trinajstić information content (AvgIpc) is 3.72. The molecule has 1 aliphatic rings. The molecule has 1 amide bonds. The summed E-state index contributed by atoms with van der Waals surface area (Å²) in [6.07, 6.45) is 6.00. The summed E-state index contributed by atoms with van der Waals surface area (Å²) in [5, 5.41) is 23.6. The molecule has 4 aromatic heterocycles. The van der Waals surface area contributed by atoms with Gasteiger partial charge in [-0.05, 0) is 31.9 Å². The third kappa shape index (κ3) is 6.45. The molecule has 0 spiro atoms. The maximum Gasteiger partial charge on any atom is 0.238 e. The van der Waals surface area contributed by atoms with E-state index in [9.17, 15) is 4.79 Å². The minimum atomic E-state index is -0.109. The van der Waals surface area contributed by atoms with Crippen molar-refractivity contribution in [2.24, 2.45) is 7.05 Å². The van der Waals surface area contributed by atoms with Crippen molar-refractivity contribution < 1.29 is 14.6 Å². The van der Waals surface area contributed by atoms with Crippen molar-refractivity contribution in [3.05, 3.63) is 60.2 Å². The van der Waals surface area contributed by atoms with E-state index in [0.717, 1.165) is 46.4 Å². The summed E-state index contributed by atoms with van der Waals surface area (Å²) in [5.41, 5.74) is 5.16. The second kappa shape index (κ2) is 12.7. The van der Waals surface area contributed by atoms with E-state index >= 15 is 0 Å². The topological polar surface area (TPSA) is 171 Å². The van der Waals surface area contributed by atoms with Gasteiger partial charge in [0.15, 0.2) is 5.82 Å². The van der Waals surface area contributed by atoms with Crippen LogP contribution < -0.4 is 20.7 Å². The number of aromatic amines is 1. The van der Waals surface area contributed by atoms with Crippen LogP contribution in [0.15, 0.2) is 48.9 Å². The first kappa shape index (κ1) is 29.0. The Morgan fingerprint density at radius 1 is 1.18 bits per heavy atom. The number of ether oxygens (including phenoxy) is 1. The van der Waals surface area contributed by atoms with Crippen LogP contribution >= 0.6 is 0 Å². The normalized spacial score (nSPS) is 15.0. The molecule has 1 saturated heterocycles. The minimum absolute atomic E-state index is 0.0130. The summed E-state index contributed by atoms with van der Waals surface area (Å²) in [4.78, 5) is 36.2. The van der Waals surface area contributed by atoms with Crippen LogP contribution in [-0.4, -0.2) is 89.5 Å². The highest BCUT2D eigenvalue weighted by Crippen LogP contribution is 2.33. The Hall–Kier alpha value is -5.08. The van der Waals surface area contributed by atoms with Crippen molar-refractivity contribution >= 4 is 40.2 Å². The van der Waals surface area contributed by atoms with Crippen molar-refractivity contribution in [2.45, 2.75) is 26.4 Å². The van der Waals surface area contributed by atoms with Gasteiger partial charge >= 0.3 is 0 Å². The lowest BCUT2D eigenvalue weighted by atomic mass is 10.1. The molecule has 228 valence electrons. The molecule has 1 atom stereocenters. The predicted octanol–water partition coefficient (Wildman–Crippen LogP) is 3.00. The zero-order valence-corrected chi connectivity index (χ0v) is 24.8. The first-order valence-corrected chi connectivity index (χ1v) is 14.4. The fourth-order valence-electron chi connectivity index (χ4n) is 5.23. The van der Waals surface area contributed by atoms with Crippen LogP contribution in [0.5, 0.6) is 5.88 Å². The van der Waals surface area contributed by atoms with Crippen LogP contribution in [0, 0.1) is 13.8 Å². The number of aromatic nitrogens is 7. The molecule has 6 rings (SSSR count). The summed E-state index contributed by atoms with van der Waals surface area (Å²) in [5.74, 6) is 1.88. The van der Waals surface area contributed by atoms with E-state index in [1.165, 1.54) is 0 Å². The second-order valence-corrected chi connectivity index (χ2v) is 10.8. The molecule has 0 saturated carbocycles. The fraction of sp³-hybridized carbons (Fsp3) is 0.333. The van der Waals surface area contributed by atoms with E-state index in [2.05, 4.69) is 45.9 Å². The molecule has 0 radical (unpaired) electrons. The van der Waals surface area contributed by atoms with Gasteiger partial charge in [0.25, 0.3) is 0 Å². The smallest absolute Gasteiger partial charge is 0.238 e. The van der Waals surface area contributed by atoms with Gasteiger partial charge in [0.1, 0.15) is 6.10 Å². The van der Waals surface area contributed by atoms with E-state index in [1.807, 2.05) is 51.4 Å². The van der Waals surface area contributed by atoms with Gasteiger partial charge in [-0.1, -0.05) is 12.1 Å². The highest BCUT2D eigenvalue weighted by atomic mass is 16.5. The van der Waals surface area contributed by atoms with Gasteiger partial charge in [0, 0.05) is 74.0 Å². The van der Waals surface area contributed by atoms with Gasteiger partial charge in [0.2, 0.25) is 23.7 Å². The number of benzene rings is 1. The second-order valence-electron chi connectivity index (χ2n) is 10.8. The Morgan fingerprint density at radius 2 is 2.07 bits per heavy atom. The number of rotatable bonds is 11. The van der Waals surface area contributed by atoms with E-state index in [4.69, 9.17) is 14.8 Å². The number of likely N-dealkylation sites (tertiary alicyclic amines) is 1. The van der Waals surface area contributed by atoms with Crippen LogP contribution in [0.4, 0.5) is 23.4 Å². The monoisotopic (exact) mass is 597 g/mol. The van der Waals surface area contributed by atoms with Gasteiger partial charge in [-0.3, -0.25) is 14.4 Å². The number of hydrogen-bond acceptors (Lipinski definition) is 11. The molecule has 14 nitrogen and oxygen atoms in total. The molecule has 5 aromatic rings. The van der Waals surface area contributed by atoms with Gasteiger partial charge in [-0.15, -0.1) is 0 Å². The minimum Gasteiger partial charge on any atom is -0.473 e. The Bertz CT molecular complexity index is 1760. The fourth-order valence-corrected chi connectivity index (χ4v) is 5.23. The highest BCUT2D eigenvalue weighted by molar-refractivity contribution is 6.06. The number of nitrogens with zero attached hydrogens (tertiary/aromatic N) is 7. The zero-order chi connectivity index (χ0) is 30.6. The lowest BCUT2D eigenvalue weighted by Crippen LogP contribution is -2.33. The molecule has 0 aliphatic carbocycles. The molecule has 1 aliphatic heterocycles. The molecule has 1 unspecified atom stereocenters. The first-order valence-electron chi connectivity index (χ1n) is 14.4. The van der Waals surface area contributed by atoms with Crippen molar-refractivity contribution in [2.75, 3.05) is 48.7 Å². The van der Waals surface area contributed by atoms with Crippen molar-refractivity contribution in [3.8, 4) is 17.1 Å². The Kier molecular flexibility index (Phi) is 8.34. The number of carbonyl (C=O) groups is 1. The van der Waals surface area contributed by atoms with Gasteiger partial charge in [0.05, 0.1) is 30.0 Å². The summed E-state index contributed by atoms with van der Waals surface area (Å²) in [6.45, 7) is 5.88. The molecule has 5 N–H and O–H groups in total. The average molecular weight is 598 g/mol. The van der Waals surface area contributed by atoms with E-state index in [1.54, 1.807) is 23.1 Å². The van der Waals surface area contributed by atoms with Crippen LogP contribution in [-0.2, 0) is 11.8 Å². The number of carbonyl (C=O) groups excluding carboxylic acids is 1. The number of hydrogen-bond donors (Lipinski definition) is 5. The van der Waals surface area contributed by atoms with Crippen molar-refractivity contribution in [3.63, 3.8) is 0 Å². The Labute approximate surface area is 253 Å². The van der Waals surface area contributed by atoms with Crippen molar-refractivity contribution in [1.82, 2.24) is 39.6 Å². The number of nitrogens with one attached hydrogen (secondary N) is 4. The number of aryl methyl sites for hydroxylation is 3. The Balaban J connectivity index is 1.10. The zero-order valence-electron chi connectivity index (χ0n) is 24.8. The molecule has 44 heavy (non-hydrogen) atoms. The van der Waals surface area contributed by atoms with Crippen molar-refractivity contribution in [1.29, 1.82) is 0 Å². The third-order valence-corrected chi connectivity index (χ3v) is 7.48. The van der Waals surface area contributed by atoms with Crippen LogP contribution in [0.2, 0.25) is 0 Å². The van der Waals surface area contributed by atoms with Gasteiger partial charge < -0.3 is 30.8 Å². The number of H-pyrrole nitrogens is 1. The lowest BCUT2D eigenvalue weighted by molar-refractivity contribution is -0.117. The first-order chi connectivity index (χ1) is 21.4.